The number of hydrogen-bond acceptors (Lipinski definition) is 3. The Kier molecular flexibility index (Phi) is 8.22. The topological polar surface area (TPSA) is 61.9 Å². The van der Waals surface area contributed by atoms with E-state index in [1.165, 1.54) is 0 Å². The van der Waals surface area contributed by atoms with Gasteiger partial charge in [-0.2, -0.15) is 0 Å². The summed E-state index contributed by atoms with van der Waals surface area (Å²) in [6, 6.07) is 14.0. The fraction of sp³-hybridized carbons (Fsp3) is 0.364. The summed E-state index contributed by atoms with van der Waals surface area (Å²) in [5.41, 5.74) is 0.658. The molecule has 3 rings (SSSR count). The van der Waals surface area contributed by atoms with E-state index in [0.29, 0.717) is 61.4 Å². The molecule has 2 aromatic rings. The van der Waals surface area contributed by atoms with Gasteiger partial charge in [-0.05, 0) is 55.3 Å². The van der Waals surface area contributed by atoms with Crippen molar-refractivity contribution in [1.82, 2.24) is 9.80 Å². The molecule has 160 valence electrons. The van der Waals surface area contributed by atoms with Crippen molar-refractivity contribution in [3.05, 3.63) is 58.6 Å². The first-order chi connectivity index (χ1) is 14.5. The van der Waals surface area contributed by atoms with E-state index in [1.807, 2.05) is 17.0 Å². The Morgan fingerprint density at radius 2 is 1.67 bits per heavy atom. The van der Waals surface area contributed by atoms with Crippen LogP contribution in [-0.2, 0) is 4.79 Å². The van der Waals surface area contributed by atoms with Gasteiger partial charge in [0.1, 0.15) is 5.75 Å². The lowest BCUT2D eigenvalue weighted by atomic mass is 10.2. The van der Waals surface area contributed by atoms with Crippen LogP contribution in [-0.4, -0.2) is 54.5 Å². The van der Waals surface area contributed by atoms with Crippen LogP contribution in [0.1, 0.15) is 19.3 Å². The van der Waals surface area contributed by atoms with Crippen LogP contribution in [0.25, 0.3) is 0 Å². The minimum atomic E-state index is -0.178. The molecule has 0 bridgehead atoms. The zero-order chi connectivity index (χ0) is 21.3. The number of amides is 3. The maximum atomic E-state index is 12.5. The summed E-state index contributed by atoms with van der Waals surface area (Å²) in [4.78, 5) is 28.6. The van der Waals surface area contributed by atoms with E-state index < -0.39 is 0 Å². The monoisotopic (exact) mass is 449 g/mol. The van der Waals surface area contributed by atoms with Gasteiger partial charge in [-0.25, -0.2) is 4.79 Å². The van der Waals surface area contributed by atoms with Gasteiger partial charge in [0.15, 0.2) is 0 Å². The molecular formula is C22H25Cl2N3O3. The lowest BCUT2D eigenvalue weighted by Crippen LogP contribution is -2.39. The molecule has 1 fully saturated rings. The molecule has 2 aromatic carbocycles. The lowest BCUT2D eigenvalue weighted by molar-refractivity contribution is -0.131. The Labute approximate surface area is 186 Å². The van der Waals surface area contributed by atoms with Crippen LogP contribution in [0.5, 0.6) is 5.75 Å². The largest absolute Gasteiger partial charge is 0.494 e. The summed E-state index contributed by atoms with van der Waals surface area (Å²) in [5.74, 6) is 0.829. The molecule has 0 aromatic heterocycles. The molecule has 6 nitrogen and oxygen atoms in total. The van der Waals surface area contributed by atoms with Crippen molar-refractivity contribution in [3.63, 3.8) is 0 Å². The van der Waals surface area contributed by atoms with Crippen molar-refractivity contribution >= 4 is 40.8 Å². The number of urea groups is 1. The summed E-state index contributed by atoms with van der Waals surface area (Å²) in [7, 11) is 0. The van der Waals surface area contributed by atoms with E-state index in [-0.39, 0.29) is 11.9 Å². The maximum Gasteiger partial charge on any atom is 0.321 e. The standard InChI is InChI=1S/C22H25Cl2N3O3/c23-17-7-9-20(10-8-17)30-15-2-6-21(28)26-11-3-12-27(14-13-26)22(29)25-19-5-1-4-18(24)16-19/h1,4-5,7-10,16H,2-3,6,11-15H2,(H,25,29). The molecule has 3 amide bonds. The predicted molar refractivity (Wildman–Crippen MR) is 119 cm³/mol. The van der Waals surface area contributed by atoms with Gasteiger partial charge in [0.25, 0.3) is 0 Å². The minimum Gasteiger partial charge on any atom is -0.494 e. The van der Waals surface area contributed by atoms with E-state index in [9.17, 15) is 9.59 Å². The van der Waals surface area contributed by atoms with Crippen molar-refractivity contribution in [1.29, 1.82) is 0 Å². The van der Waals surface area contributed by atoms with Crippen LogP contribution in [0.4, 0.5) is 10.5 Å². The van der Waals surface area contributed by atoms with Crippen molar-refractivity contribution in [3.8, 4) is 5.75 Å². The fourth-order valence-corrected chi connectivity index (χ4v) is 3.56. The molecule has 1 N–H and O–H groups in total. The molecule has 1 aliphatic rings. The third kappa shape index (κ3) is 6.82. The molecule has 0 unspecified atom stereocenters. The summed E-state index contributed by atoms with van der Waals surface area (Å²) >= 11 is 11.8. The van der Waals surface area contributed by atoms with Crippen molar-refractivity contribution in [2.75, 3.05) is 38.1 Å². The maximum absolute atomic E-state index is 12.5. The summed E-state index contributed by atoms with van der Waals surface area (Å²) in [5, 5.41) is 4.09. The SMILES string of the molecule is O=C(CCCOc1ccc(Cl)cc1)N1CCCN(C(=O)Nc2cccc(Cl)c2)CC1. The second-order valence-corrected chi connectivity index (χ2v) is 7.94. The molecule has 0 saturated carbocycles. The van der Waals surface area contributed by atoms with Gasteiger partial charge < -0.3 is 19.9 Å². The molecule has 0 atom stereocenters. The van der Waals surface area contributed by atoms with Gasteiger partial charge in [-0.3, -0.25) is 4.79 Å². The Hall–Kier alpha value is -2.44. The van der Waals surface area contributed by atoms with E-state index in [1.54, 1.807) is 41.3 Å². The van der Waals surface area contributed by atoms with Gasteiger partial charge in [-0.1, -0.05) is 29.3 Å². The van der Waals surface area contributed by atoms with Gasteiger partial charge in [-0.15, -0.1) is 0 Å². The van der Waals surface area contributed by atoms with E-state index in [0.717, 1.165) is 12.2 Å². The Balaban J connectivity index is 1.39. The van der Waals surface area contributed by atoms with Crippen LogP contribution >= 0.6 is 23.2 Å². The number of anilines is 1. The van der Waals surface area contributed by atoms with E-state index in [2.05, 4.69) is 5.32 Å². The highest BCUT2D eigenvalue weighted by molar-refractivity contribution is 6.31. The van der Waals surface area contributed by atoms with E-state index in [4.69, 9.17) is 27.9 Å². The number of hydrogen-bond donors (Lipinski definition) is 1. The fourth-order valence-electron chi connectivity index (χ4n) is 3.24. The third-order valence-electron chi connectivity index (χ3n) is 4.83. The number of benzene rings is 2. The quantitative estimate of drug-likeness (QED) is 0.636. The number of carbonyl (C=O) groups excluding carboxylic acids is 2. The van der Waals surface area contributed by atoms with Crippen LogP contribution in [0, 0.1) is 0 Å². The van der Waals surface area contributed by atoms with Crippen molar-refractivity contribution in [2.45, 2.75) is 19.3 Å². The second kappa shape index (κ2) is 11.1. The molecule has 1 saturated heterocycles. The molecular weight excluding hydrogens is 425 g/mol. The molecule has 1 aliphatic heterocycles. The number of ether oxygens (including phenoxy) is 1. The number of halogens is 2. The Morgan fingerprint density at radius 1 is 0.933 bits per heavy atom. The van der Waals surface area contributed by atoms with E-state index >= 15 is 0 Å². The first kappa shape index (κ1) is 22.2. The zero-order valence-corrected chi connectivity index (χ0v) is 18.2. The lowest BCUT2D eigenvalue weighted by Gasteiger charge is -2.22. The molecule has 0 spiro atoms. The molecule has 30 heavy (non-hydrogen) atoms. The summed E-state index contributed by atoms with van der Waals surface area (Å²) < 4.78 is 5.64. The highest BCUT2D eigenvalue weighted by Gasteiger charge is 2.22. The van der Waals surface area contributed by atoms with Crippen molar-refractivity contribution < 1.29 is 14.3 Å². The first-order valence-electron chi connectivity index (χ1n) is 9.99. The number of rotatable bonds is 6. The Bertz CT molecular complexity index is 861. The average Bonchev–Trinajstić information content (AvgIpc) is 2.99. The van der Waals surface area contributed by atoms with Crippen LogP contribution < -0.4 is 10.1 Å². The summed E-state index contributed by atoms with van der Waals surface area (Å²) in [6.45, 7) is 2.75. The van der Waals surface area contributed by atoms with Gasteiger partial charge in [0.2, 0.25) is 5.91 Å². The predicted octanol–water partition coefficient (Wildman–Crippen LogP) is 4.92. The number of nitrogens with zero attached hydrogens (tertiary/aromatic N) is 2. The van der Waals surface area contributed by atoms with Crippen LogP contribution in [0.2, 0.25) is 10.0 Å². The first-order valence-corrected chi connectivity index (χ1v) is 10.7. The van der Waals surface area contributed by atoms with Gasteiger partial charge >= 0.3 is 6.03 Å². The molecule has 1 heterocycles. The third-order valence-corrected chi connectivity index (χ3v) is 5.32. The molecule has 0 radical (unpaired) electrons. The number of nitrogens with one attached hydrogen (secondary N) is 1. The Morgan fingerprint density at radius 3 is 2.43 bits per heavy atom. The van der Waals surface area contributed by atoms with Crippen molar-refractivity contribution in [2.24, 2.45) is 0 Å². The normalized spacial score (nSPS) is 14.2. The minimum absolute atomic E-state index is 0.0896. The van der Waals surface area contributed by atoms with Crippen LogP contribution in [0.15, 0.2) is 48.5 Å². The number of carbonyl (C=O) groups is 2. The molecule has 8 heteroatoms. The van der Waals surface area contributed by atoms with Gasteiger partial charge in [0.05, 0.1) is 6.61 Å². The second-order valence-electron chi connectivity index (χ2n) is 7.07. The highest BCUT2D eigenvalue weighted by Crippen LogP contribution is 2.17. The highest BCUT2D eigenvalue weighted by atomic mass is 35.5. The molecule has 0 aliphatic carbocycles. The average molecular weight is 450 g/mol. The summed E-state index contributed by atoms with van der Waals surface area (Å²) in [6.07, 6.45) is 1.80. The van der Waals surface area contributed by atoms with Gasteiger partial charge in [0, 0.05) is 48.3 Å². The zero-order valence-electron chi connectivity index (χ0n) is 16.7. The van der Waals surface area contributed by atoms with Crippen LogP contribution in [0.3, 0.4) is 0 Å². The smallest absolute Gasteiger partial charge is 0.321 e.